The number of hydrogen-bond acceptors (Lipinski definition) is 1. The van der Waals surface area contributed by atoms with Crippen LogP contribution in [0.5, 0.6) is 0 Å². The second kappa shape index (κ2) is 3.28. The first-order chi connectivity index (χ1) is 4.09. The number of allylic oxidation sites excluding steroid dienone is 1. The number of hydrogen-bond donors (Lipinski definition) is 0. The van der Waals surface area contributed by atoms with Crippen LogP contribution in [0, 0.1) is 0 Å². The van der Waals surface area contributed by atoms with Gasteiger partial charge in [-0.2, -0.15) is 0 Å². The lowest BCUT2D eigenvalue weighted by atomic mass is 10.4. The molecule has 0 atom stereocenters. The minimum Gasteiger partial charge on any atom is -0.338 e. The summed E-state index contributed by atoms with van der Waals surface area (Å²) in [5.74, 6) is 0.988. The third kappa shape index (κ3) is 2.31. The minimum absolute atomic E-state index is 0.988. The zero-order valence-corrected chi connectivity index (χ0v) is 6.60. The molecule has 0 rings (SSSR count). The maximum atomic E-state index is 3.99. The van der Waals surface area contributed by atoms with Gasteiger partial charge in [-0.05, 0) is 13.8 Å². The molecule has 0 aliphatic carbocycles. The van der Waals surface area contributed by atoms with Crippen molar-refractivity contribution in [2.45, 2.75) is 13.8 Å². The highest BCUT2D eigenvalue weighted by molar-refractivity contribution is 5.80. The molecule has 0 spiro atoms. The van der Waals surface area contributed by atoms with E-state index >= 15 is 0 Å². The molecule has 0 fully saturated rings. The smallest absolute Gasteiger partial charge is 0.0992 e. The van der Waals surface area contributed by atoms with Gasteiger partial charge in [-0.1, -0.05) is 6.58 Å². The fourth-order valence-electron chi connectivity index (χ4n) is 0.426. The Balaban J connectivity index is 4.04. The summed E-state index contributed by atoms with van der Waals surface area (Å²) in [6, 6.07) is 0. The highest BCUT2D eigenvalue weighted by Gasteiger charge is 1.96. The zero-order chi connectivity index (χ0) is 7.44. The third-order valence-electron chi connectivity index (χ3n) is 1.38. The first-order valence-corrected chi connectivity index (χ1v) is 2.92. The predicted octanol–water partition coefficient (Wildman–Crippen LogP) is 1.50. The van der Waals surface area contributed by atoms with Crippen molar-refractivity contribution in [1.29, 1.82) is 0 Å². The Kier molecular flexibility index (Phi) is 2.99. The molecule has 0 saturated heterocycles. The van der Waals surface area contributed by atoms with Crippen LogP contribution in [0.3, 0.4) is 0 Å². The van der Waals surface area contributed by atoms with Crippen LogP contribution in [0.2, 0.25) is 0 Å². The summed E-state index contributed by atoms with van der Waals surface area (Å²) in [6.45, 7) is 7.68. The Bertz CT molecular complexity index is 136. The summed E-state index contributed by atoms with van der Waals surface area (Å²) in [5.41, 5.74) is 1.01. The number of rotatable bonds is 1. The van der Waals surface area contributed by atoms with Crippen molar-refractivity contribution in [2.24, 2.45) is 4.99 Å². The Morgan fingerprint density at radius 3 is 2.00 bits per heavy atom. The lowest BCUT2D eigenvalue weighted by molar-refractivity contribution is 0.625. The molecule has 0 heterocycles. The molecule has 0 radical (unpaired) electrons. The van der Waals surface area contributed by atoms with Gasteiger partial charge in [0.05, 0.1) is 5.84 Å². The van der Waals surface area contributed by atoms with E-state index in [1.54, 1.807) is 7.05 Å². The standard InChI is InChI=1S/C7H14N2/c1-6(2)9(5)7(3)8-4/h1H2,2-5H3/b8-7-. The van der Waals surface area contributed by atoms with Crippen LogP contribution in [0.25, 0.3) is 0 Å². The molecule has 0 bridgehead atoms. The largest absolute Gasteiger partial charge is 0.338 e. The van der Waals surface area contributed by atoms with Crippen LogP contribution >= 0.6 is 0 Å². The van der Waals surface area contributed by atoms with E-state index in [4.69, 9.17) is 0 Å². The van der Waals surface area contributed by atoms with Gasteiger partial charge < -0.3 is 4.90 Å². The van der Waals surface area contributed by atoms with Crippen LogP contribution in [-0.4, -0.2) is 24.8 Å². The Morgan fingerprint density at radius 2 is 1.89 bits per heavy atom. The summed E-state index contributed by atoms with van der Waals surface area (Å²) >= 11 is 0. The van der Waals surface area contributed by atoms with E-state index in [0.717, 1.165) is 11.5 Å². The SMILES string of the molecule is C=C(C)N(C)/C(C)=N\C. The van der Waals surface area contributed by atoms with Gasteiger partial charge in [-0.3, -0.25) is 4.99 Å². The number of aliphatic imine (C=N–C) groups is 1. The second-order valence-corrected chi connectivity index (χ2v) is 2.07. The molecule has 0 aromatic rings. The molecular weight excluding hydrogens is 112 g/mol. The first-order valence-electron chi connectivity index (χ1n) is 2.92. The highest BCUT2D eigenvalue weighted by atomic mass is 15.2. The summed E-state index contributed by atoms with van der Waals surface area (Å²) in [6.07, 6.45) is 0. The van der Waals surface area contributed by atoms with E-state index in [9.17, 15) is 0 Å². The van der Waals surface area contributed by atoms with Gasteiger partial charge in [0, 0.05) is 19.8 Å². The summed E-state index contributed by atoms with van der Waals surface area (Å²) < 4.78 is 0. The molecule has 0 aliphatic rings. The molecule has 0 saturated carbocycles. The lowest BCUT2D eigenvalue weighted by Gasteiger charge is -2.16. The van der Waals surface area contributed by atoms with Crippen LogP contribution in [0.15, 0.2) is 17.3 Å². The third-order valence-corrected chi connectivity index (χ3v) is 1.38. The maximum absolute atomic E-state index is 3.99. The van der Waals surface area contributed by atoms with Crippen molar-refractivity contribution in [3.8, 4) is 0 Å². The number of amidine groups is 1. The fraction of sp³-hybridized carbons (Fsp3) is 0.571. The molecule has 52 valence electrons. The van der Waals surface area contributed by atoms with Crippen molar-refractivity contribution in [3.05, 3.63) is 12.3 Å². The van der Waals surface area contributed by atoms with Gasteiger partial charge >= 0.3 is 0 Å². The van der Waals surface area contributed by atoms with Gasteiger partial charge in [0.1, 0.15) is 0 Å². The van der Waals surface area contributed by atoms with E-state index in [2.05, 4.69) is 11.6 Å². The normalized spacial score (nSPS) is 11.3. The van der Waals surface area contributed by atoms with Crippen molar-refractivity contribution in [1.82, 2.24) is 4.90 Å². The summed E-state index contributed by atoms with van der Waals surface area (Å²) in [7, 11) is 3.72. The molecule has 0 aliphatic heterocycles. The minimum atomic E-state index is 0.988. The van der Waals surface area contributed by atoms with Crippen molar-refractivity contribution >= 4 is 5.84 Å². The van der Waals surface area contributed by atoms with Gasteiger partial charge in [-0.25, -0.2) is 0 Å². The molecule has 2 nitrogen and oxygen atoms in total. The number of nitrogens with zero attached hydrogens (tertiary/aromatic N) is 2. The van der Waals surface area contributed by atoms with E-state index in [0.29, 0.717) is 0 Å². The molecule has 0 unspecified atom stereocenters. The monoisotopic (exact) mass is 126 g/mol. The average molecular weight is 126 g/mol. The van der Waals surface area contributed by atoms with Crippen LogP contribution in [0.4, 0.5) is 0 Å². The predicted molar refractivity (Wildman–Crippen MR) is 41.6 cm³/mol. The maximum Gasteiger partial charge on any atom is 0.0992 e. The Morgan fingerprint density at radius 1 is 1.44 bits per heavy atom. The van der Waals surface area contributed by atoms with Gasteiger partial charge in [-0.15, -0.1) is 0 Å². The lowest BCUT2D eigenvalue weighted by Crippen LogP contribution is -2.20. The second-order valence-electron chi connectivity index (χ2n) is 2.07. The van der Waals surface area contributed by atoms with E-state index in [1.807, 2.05) is 25.8 Å². The van der Waals surface area contributed by atoms with Gasteiger partial charge in [0.25, 0.3) is 0 Å². The van der Waals surface area contributed by atoms with Gasteiger partial charge in [0.15, 0.2) is 0 Å². The summed E-state index contributed by atoms with van der Waals surface area (Å²) in [5, 5.41) is 0. The van der Waals surface area contributed by atoms with Crippen molar-refractivity contribution in [3.63, 3.8) is 0 Å². The average Bonchev–Trinajstić information content (AvgIpc) is 1.84. The van der Waals surface area contributed by atoms with Gasteiger partial charge in [0.2, 0.25) is 0 Å². The quantitative estimate of drug-likeness (QED) is 0.384. The molecule has 0 aromatic carbocycles. The van der Waals surface area contributed by atoms with E-state index in [-0.39, 0.29) is 0 Å². The highest BCUT2D eigenvalue weighted by Crippen LogP contribution is 1.96. The molecule has 0 aromatic heterocycles. The zero-order valence-electron chi connectivity index (χ0n) is 6.60. The van der Waals surface area contributed by atoms with Crippen LogP contribution in [-0.2, 0) is 0 Å². The fourth-order valence-corrected chi connectivity index (χ4v) is 0.426. The Hall–Kier alpha value is -0.790. The Labute approximate surface area is 56.9 Å². The van der Waals surface area contributed by atoms with Crippen molar-refractivity contribution < 1.29 is 0 Å². The van der Waals surface area contributed by atoms with Crippen molar-refractivity contribution in [2.75, 3.05) is 14.1 Å². The molecule has 0 amide bonds. The first kappa shape index (κ1) is 8.21. The molecule has 0 N–H and O–H groups in total. The molecule has 9 heavy (non-hydrogen) atoms. The molecular formula is C7H14N2. The van der Waals surface area contributed by atoms with Crippen LogP contribution < -0.4 is 0 Å². The van der Waals surface area contributed by atoms with Crippen LogP contribution in [0.1, 0.15) is 13.8 Å². The van der Waals surface area contributed by atoms with E-state index < -0.39 is 0 Å². The van der Waals surface area contributed by atoms with E-state index in [1.165, 1.54) is 0 Å². The topological polar surface area (TPSA) is 15.6 Å². The summed E-state index contributed by atoms with van der Waals surface area (Å²) in [4.78, 5) is 5.94. The molecule has 2 heteroatoms.